The number of likely N-dealkylation sites (tertiary alicyclic amines) is 1. The van der Waals surface area contributed by atoms with Gasteiger partial charge in [0.25, 0.3) is 0 Å². The van der Waals surface area contributed by atoms with Gasteiger partial charge in [0.1, 0.15) is 23.9 Å². The number of aliphatic imine (C=N–C) groups is 1. The summed E-state index contributed by atoms with van der Waals surface area (Å²) in [6.07, 6.45) is 3.57. The van der Waals surface area contributed by atoms with Crippen LogP contribution in [0.25, 0.3) is 0 Å². The maximum absolute atomic E-state index is 12.4. The molecule has 3 aromatic carbocycles. The first kappa shape index (κ1) is 35.6. The molecule has 1 fully saturated rings. The molecule has 3 atom stereocenters. The molecule has 2 N–H and O–H groups in total. The summed E-state index contributed by atoms with van der Waals surface area (Å²) in [4.78, 5) is 19.2. The molecular formula is C41H53N5O3Si. The quantitative estimate of drug-likeness (QED) is 0.142. The van der Waals surface area contributed by atoms with E-state index >= 15 is 0 Å². The van der Waals surface area contributed by atoms with E-state index in [4.69, 9.17) is 9.52 Å². The fourth-order valence-corrected chi connectivity index (χ4v) is 8.15. The third-order valence-electron chi connectivity index (χ3n) is 11.1. The molecule has 264 valence electrons. The molecule has 0 radical (unpaired) electrons. The van der Waals surface area contributed by atoms with Gasteiger partial charge in [0.2, 0.25) is 8.32 Å². The van der Waals surface area contributed by atoms with Crippen molar-refractivity contribution in [3.63, 3.8) is 0 Å². The number of rotatable bonds is 8. The number of piperidine rings is 1. The molecule has 4 aromatic rings. The number of benzene rings is 3. The Morgan fingerprint density at radius 1 is 0.820 bits per heavy atom. The maximum Gasteiger partial charge on any atom is 0.407 e. The average Bonchev–Trinajstić information content (AvgIpc) is 3.51. The number of amides is 1. The Morgan fingerprint density at radius 3 is 1.80 bits per heavy atom. The van der Waals surface area contributed by atoms with E-state index in [0.717, 1.165) is 34.5 Å². The van der Waals surface area contributed by atoms with Gasteiger partial charge in [-0.15, -0.1) is 0 Å². The van der Waals surface area contributed by atoms with Gasteiger partial charge >= 0.3 is 6.09 Å². The highest BCUT2D eigenvalue weighted by molar-refractivity contribution is 6.74. The SMILES string of the molecule is CC(C)(C)[C@@H]1C[C@@H](NC2c3ccn(C(c4ccccc4)(c4ccccc4)c4ccccc4)c3N=CN2O[Si](C)(C)C(C)(C)C)CN(C(=O)O)C1. The van der Waals surface area contributed by atoms with Crippen molar-refractivity contribution in [1.29, 1.82) is 0 Å². The third-order valence-corrected chi connectivity index (χ3v) is 15.4. The Hall–Kier alpha value is -4.18. The second kappa shape index (κ2) is 13.5. The molecule has 50 heavy (non-hydrogen) atoms. The van der Waals surface area contributed by atoms with Gasteiger partial charge in [0.05, 0.1) is 0 Å². The molecule has 9 heteroatoms. The van der Waals surface area contributed by atoms with E-state index < -0.39 is 26.1 Å². The van der Waals surface area contributed by atoms with Gasteiger partial charge in [-0.3, -0.25) is 5.32 Å². The van der Waals surface area contributed by atoms with E-state index in [1.54, 1.807) is 4.90 Å². The zero-order valence-corrected chi connectivity index (χ0v) is 31.8. The predicted molar refractivity (Wildman–Crippen MR) is 204 cm³/mol. The van der Waals surface area contributed by atoms with Crippen LogP contribution < -0.4 is 5.32 Å². The van der Waals surface area contributed by atoms with Crippen molar-refractivity contribution in [2.24, 2.45) is 16.3 Å². The van der Waals surface area contributed by atoms with E-state index in [0.29, 0.717) is 13.1 Å². The van der Waals surface area contributed by atoms with E-state index in [1.807, 2.05) is 11.4 Å². The fraction of sp³-hybridized carbons (Fsp3) is 0.415. The molecule has 1 aromatic heterocycles. The minimum Gasteiger partial charge on any atom is -0.465 e. The number of hydrogen-bond donors (Lipinski definition) is 2. The van der Waals surface area contributed by atoms with E-state index in [9.17, 15) is 9.90 Å². The van der Waals surface area contributed by atoms with Gasteiger partial charge in [0.15, 0.2) is 0 Å². The Morgan fingerprint density at radius 2 is 1.34 bits per heavy atom. The summed E-state index contributed by atoms with van der Waals surface area (Å²) in [5.41, 5.74) is 3.56. The first-order valence-electron chi connectivity index (χ1n) is 17.8. The first-order valence-corrected chi connectivity index (χ1v) is 20.7. The lowest BCUT2D eigenvalue weighted by Gasteiger charge is -2.46. The molecule has 0 spiro atoms. The van der Waals surface area contributed by atoms with Gasteiger partial charge in [-0.05, 0) is 58.6 Å². The smallest absolute Gasteiger partial charge is 0.407 e. The van der Waals surface area contributed by atoms with Crippen molar-refractivity contribution >= 4 is 26.6 Å². The van der Waals surface area contributed by atoms with Crippen LogP contribution in [0.15, 0.2) is 108 Å². The summed E-state index contributed by atoms with van der Waals surface area (Å²) in [5, 5.41) is 16.0. The number of carbonyl (C=O) groups is 1. The molecule has 0 saturated carbocycles. The van der Waals surface area contributed by atoms with Crippen LogP contribution in [0, 0.1) is 11.3 Å². The first-order chi connectivity index (χ1) is 23.6. The van der Waals surface area contributed by atoms with E-state index in [1.165, 1.54) is 0 Å². The minimum atomic E-state index is -2.30. The molecule has 0 aliphatic carbocycles. The lowest BCUT2D eigenvalue weighted by molar-refractivity contribution is -0.0554. The lowest BCUT2D eigenvalue weighted by atomic mass is 9.75. The second-order valence-electron chi connectivity index (χ2n) is 16.5. The molecular weight excluding hydrogens is 639 g/mol. The fourth-order valence-electron chi connectivity index (χ4n) is 7.20. The summed E-state index contributed by atoms with van der Waals surface area (Å²) < 4.78 is 9.30. The molecule has 6 rings (SSSR count). The number of hydroxylamine groups is 2. The molecule has 2 aliphatic rings. The molecule has 0 bridgehead atoms. The number of nitrogens with zero attached hydrogens (tertiary/aromatic N) is 4. The van der Waals surface area contributed by atoms with E-state index in [2.05, 4.69) is 168 Å². The zero-order valence-electron chi connectivity index (χ0n) is 30.8. The molecule has 1 saturated heterocycles. The molecule has 8 nitrogen and oxygen atoms in total. The van der Waals surface area contributed by atoms with Crippen LogP contribution in [0.3, 0.4) is 0 Å². The topological polar surface area (TPSA) is 82.3 Å². The molecule has 3 heterocycles. The minimum absolute atomic E-state index is 0.0387. The van der Waals surface area contributed by atoms with Crippen molar-refractivity contribution < 1.29 is 14.4 Å². The highest BCUT2D eigenvalue weighted by Gasteiger charge is 2.46. The highest BCUT2D eigenvalue weighted by Crippen LogP contribution is 2.47. The Bertz CT molecular complexity index is 1700. The van der Waals surface area contributed by atoms with Crippen molar-refractivity contribution in [3.8, 4) is 0 Å². The van der Waals surface area contributed by atoms with Crippen LogP contribution in [0.2, 0.25) is 18.1 Å². The summed E-state index contributed by atoms with van der Waals surface area (Å²) in [6, 6.07) is 33.9. The average molecular weight is 692 g/mol. The summed E-state index contributed by atoms with van der Waals surface area (Å²) in [7, 11) is -2.30. The number of nitrogens with one attached hydrogen (secondary N) is 1. The second-order valence-corrected chi connectivity index (χ2v) is 21.2. The zero-order chi connectivity index (χ0) is 35.9. The van der Waals surface area contributed by atoms with Crippen molar-refractivity contribution in [1.82, 2.24) is 19.8 Å². The number of hydrogen-bond acceptors (Lipinski definition) is 5. The summed E-state index contributed by atoms with van der Waals surface area (Å²) in [5.74, 6) is 1.02. The standard InChI is InChI=1S/C41H53N5O3Si/c1-39(2,3)33-26-34(28-44(27-33)38(47)48)43-37-35-24-25-45(36(35)42-29-46(37)49-50(7,8)40(4,5)6)41(30-18-12-9-13-19-30,31-20-14-10-15-21-31)32-22-16-11-17-23-32/h9-25,29,33-34,37,43H,26-28H2,1-8H3,(H,47,48)/t33-,34-,37?/m1/s1. The lowest BCUT2D eigenvalue weighted by Crippen LogP contribution is -2.57. The van der Waals surface area contributed by atoms with Gasteiger partial charge < -0.3 is 19.1 Å². The maximum atomic E-state index is 12.4. The van der Waals surface area contributed by atoms with Crippen molar-refractivity contribution in [2.45, 2.75) is 83.8 Å². The van der Waals surface area contributed by atoms with Crippen molar-refractivity contribution in [3.05, 3.63) is 126 Å². The molecule has 1 unspecified atom stereocenters. The Labute approximate surface area is 298 Å². The molecule has 2 aliphatic heterocycles. The summed E-state index contributed by atoms with van der Waals surface area (Å²) >= 11 is 0. The van der Waals surface area contributed by atoms with Crippen LogP contribution in [0.4, 0.5) is 10.6 Å². The van der Waals surface area contributed by atoms with Crippen LogP contribution >= 0.6 is 0 Å². The number of aromatic nitrogens is 1. The van der Waals surface area contributed by atoms with Crippen LogP contribution in [-0.4, -0.2) is 59.5 Å². The van der Waals surface area contributed by atoms with Gasteiger partial charge in [-0.25, -0.2) is 14.9 Å². The third kappa shape index (κ3) is 6.66. The predicted octanol–water partition coefficient (Wildman–Crippen LogP) is 9.24. The number of fused-ring (bicyclic) bond motifs is 1. The monoisotopic (exact) mass is 691 g/mol. The summed E-state index contributed by atoms with van der Waals surface area (Å²) in [6.45, 7) is 18.7. The van der Waals surface area contributed by atoms with Crippen LogP contribution in [-0.2, 0) is 10.1 Å². The Balaban J connectivity index is 1.53. The molecule has 1 amide bonds. The van der Waals surface area contributed by atoms with E-state index in [-0.39, 0.29) is 22.4 Å². The van der Waals surface area contributed by atoms with Crippen LogP contribution in [0.5, 0.6) is 0 Å². The van der Waals surface area contributed by atoms with Gasteiger partial charge in [-0.2, -0.15) is 0 Å². The largest absolute Gasteiger partial charge is 0.465 e. The normalized spacial score (nSPS) is 20.1. The van der Waals surface area contributed by atoms with Crippen LogP contribution in [0.1, 0.15) is 76.4 Å². The Kier molecular flexibility index (Phi) is 9.63. The van der Waals surface area contributed by atoms with Crippen molar-refractivity contribution in [2.75, 3.05) is 13.1 Å². The van der Waals surface area contributed by atoms with Gasteiger partial charge in [0, 0.05) is 30.9 Å². The van der Waals surface area contributed by atoms with Gasteiger partial charge in [-0.1, -0.05) is 133 Å². The highest BCUT2D eigenvalue weighted by atomic mass is 28.4. The number of carboxylic acid groups (broad SMARTS) is 1.